The number of nitrogens with one attached hydrogen (secondary N) is 1. The van der Waals surface area contributed by atoms with E-state index in [4.69, 9.17) is 0 Å². The molecule has 0 radical (unpaired) electrons. The van der Waals surface area contributed by atoms with Crippen molar-refractivity contribution in [1.82, 2.24) is 4.98 Å². The number of aromatic nitrogens is 2. The molecule has 1 heterocycles. The van der Waals surface area contributed by atoms with Gasteiger partial charge in [0.1, 0.15) is 12.4 Å². The molecule has 0 saturated heterocycles. The second-order valence-electron chi connectivity index (χ2n) is 12.6. The van der Waals surface area contributed by atoms with E-state index >= 15 is 0 Å². The van der Waals surface area contributed by atoms with Crippen molar-refractivity contribution in [3.63, 3.8) is 0 Å². The number of unbranched alkanes of at least 4 members (excludes halogenated alkanes) is 21. The lowest BCUT2D eigenvalue weighted by molar-refractivity contribution is -0.727. The van der Waals surface area contributed by atoms with Crippen LogP contribution in [-0.4, -0.2) is 4.98 Å². The Morgan fingerprint density at radius 2 is 0.842 bits per heavy atom. The number of nitrogens with zero attached hydrogens (tertiary/aromatic N) is 1. The van der Waals surface area contributed by atoms with E-state index in [0.717, 1.165) is 0 Å². The molecule has 1 N–H and O–H groups in total. The fourth-order valence-corrected chi connectivity index (χ4v) is 6.25. The lowest BCUT2D eigenvalue weighted by atomic mass is 9.92. The van der Waals surface area contributed by atoms with Crippen molar-refractivity contribution in [3.05, 3.63) is 18.2 Å². The Balaban J connectivity index is 2.46. The summed E-state index contributed by atoms with van der Waals surface area (Å²) < 4.78 is 2.63. The number of aromatic amines is 1. The summed E-state index contributed by atoms with van der Waals surface area (Å²) in [7, 11) is 0. The first-order chi connectivity index (χ1) is 18.7. The molecule has 0 bridgehead atoms. The van der Waals surface area contributed by atoms with E-state index in [2.05, 4.69) is 49.6 Å². The average Bonchev–Trinajstić information content (AvgIpc) is 3.42. The Morgan fingerprint density at radius 3 is 1.24 bits per heavy atom. The van der Waals surface area contributed by atoms with Gasteiger partial charge in [-0.15, -0.1) is 0 Å². The van der Waals surface area contributed by atoms with Gasteiger partial charge in [-0.3, -0.25) is 0 Å². The molecule has 0 amide bonds. The zero-order valence-corrected chi connectivity index (χ0v) is 26.8. The van der Waals surface area contributed by atoms with Crippen molar-refractivity contribution in [1.29, 1.82) is 0 Å². The van der Waals surface area contributed by atoms with Crippen molar-refractivity contribution in [2.24, 2.45) is 0 Å². The summed E-state index contributed by atoms with van der Waals surface area (Å²) in [5, 5.41) is 0. The fourth-order valence-electron chi connectivity index (χ4n) is 6.25. The van der Waals surface area contributed by atoms with Crippen molar-refractivity contribution >= 4 is 0 Å². The van der Waals surface area contributed by atoms with Gasteiger partial charge in [0.15, 0.2) is 0 Å². The molecule has 2 nitrogen and oxygen atoms in total. The highest BCUT2D eigenvalue weighted by atomic mass is 15.1. The highest BCUT2D eigenvalue weighted by Crippen LogP contribution is 2.27. The van der Waals surface area contributed by atoms with Gasteiger partial charge in [-0.1, -0.05) is 168 Å². The monoisotopic (exact) mass is 532 g/mol. The van der Waals surface area contributed by atoms with Crippen molar-refractivity contribution in [2.45, 2.75) is 213 Å². The van der Waals surface area contributed by atoms with Crippen LogP contribution in [0.2, 0.25) is 0 Å². The summed E-state index contributed by atoms with van der Waals surface area (Å²) in [6, 6.07) is 0.621. The maximum Gasteiger partial charge on any atom is 0.257 e. The Hall–Kier alpha value is -0.790. The van der Waals surface area contributed by atoms with Crippen LogP contribution in [0.25, 0.3) is 0 Å². The molecule has 2 heteroatoms. The molecule has 1 aromatic rings. The summed E-state index contributed by atoms with van der Waals surface area (Å²) in [4.78, 5) is 3.73. The SMILES string of the molecule is CCCCCCCCCCCC(C)[n+]1cc[nH]c1C(CCCCCCCCC)CCCCCCCCCC. The molecule has 2 unspecified atom stereocenters. The molecule has 224 valence electrons. The minimum absolute atomic E-state index is 0.621. The molecule has 1 rings (SSSR count). The predicted molar refractivity (Wildman–Crippen MR) is 170 cm³/mol. The van der Waals surface area contributed by atoms with Crippen molar-refractivity contribution in [2.75, 3.05) is 0 Å². The van der Waals surface area contributed by atoms with E-state index in [1.807, 2.05) is 0 Å². The first-order valence-corrected chi connectivity index (χ1v) is 17.8. The van der Waals surface area contributed by atoms with Gasteiger partial charge in [0.2, 0.25) is 0 Å². The zero-order chi connectivity index (χ0) is 27.5. The van der Waals surface area contributed by atoms with Gasteiger partial charge in [-0.25, -0.2) is 9.55 Å². The molecule has 0 aliphatic heterocycles. The summed E-state index contributed by atoms with van der Waals surface area (Å²) in [5.74, 6) is 2.24. The lowest BCUT2D eigenvalue weighted by Crippen LogP contribution is -2.41. The minimum Gasteiger partial charge on any atom is -0.247 e. The summed E-state index contributed by atoms with van der Waals surface area (Å²) >= 11 is 0. The first kappa shape index (κ1) is 35.2. The highest BCUT2D eigenvalue weighted by Gasteiger charge is 2.25. The maximum absolute atomic E-state index is 3.73. The molecular formula is C36H71N2+. The zero-order valence-electron chi connectivity index (χ0n) is 26.8. The van der Waals surface area contributed by atoms with Gasteiger partial charge in [-0.05, 0) is 32.6 Å². The van der Waals surface area contributed by atoms with Crippen LogP contribution in [0.15, 0.2) is 12.4 Å². The maximum atomic E-state index is 3.73. The average molecular weight is 532 g/mol. The molecule has 1 aromatic heterocycles. The van der Waals surface area contributed by atoms with Crippen LogP contribution in [0.3, 0.4) is 0 Å². The van der Waals surface area contributed by atoms with Crippen LogP contribution < -0.4 is 4.57 Å². The van der Waals surface area contributed by atoms with Crippen LogP contribution in [0, 0.1) is 0 Å². The van der Waals surface area contributed by atoms with E-state index in [0.29, 0.717) is 12.0 Å². The normalized spacial score (nSPS) is 13.3. The number of hydrogen-bond donors (Lipinski definition) is 1. The van der Waals surface area contributed by atoms with Gasteiger partial charge in [0.05, 0.1) is 12.0 Å². The van der Waals surface area contributed by atoms with E-state index in [1.165, 1.54) is 179 Å². The first-order valence-electron chi connectivity index (χ1n) is 17.8. The fraction of sp³-hybridized carbons (Fsp3) is 0.917. The molecule has 0 aliphatic carbocycles. The summed E-state index contributed by atoms with van der Waals surface area (Å²) in [6.07, 6.45) is 42.7. The third kappa shape index (κ3) is 18.5. The second-order valence-corrected chi connectivity index (χ2v) is 12.6. The van der Waals surface area contributed by atoms with E-state index in [-0.39, 0.29) is 0 Å². The Labute approximate surface area is 240 Å². The highest BCUT2D eigenvalue weighted by molar-refractivity contribution is 4.90. The van der Waals surface area contributed by atoms with Crippen LogP contribution in [0.4, 0.5) is 0 Å². The van der Waals surface area contributed by atoms with Crippen LogP contribution in [-0.2, 0) is 0 Å². The number of rotatable bonds is 29. The minimum atomic E-state index is 0.621. The molecular weight excluding hydrogens is 460 g/mol. The molecule has 0 saturated carbocycles. The Morgan fingerprint density at radius 1 is 0.500 bits per heavy atom. The Bertz CT molecular complexity index is 592. The molecule has 0 aromatic carbocycles. The van der Waals surface area contributed by atoms with E-state index in [1.54, 1.807) is 0 Å². The largest absolute Gasteiger partial charge is 0.257 e. The molecule has 0 aliphatic rings. The van der Waals surface area contributed by atoms with E-state index < -0.39 is 0 Å². The molecule has 38 heavy (non-hydrogen) atoms. The third-order valence-electron chi connectivity index (χ3n) is 8.89. The molecule has 0 fully saturated rings. The number of H-pyrrole nitrogens is 1. The summed E-state index contributed by atoms with van der Waals surface area (Å²) in [6.45, 7) is 9.40. The quantitative estimate of drug-likeness (QED) is 0.0783. The molecule has 0 spiro atoms. The summed E-state index contributed by atoms with van der Waals surface area (Å²) in [5.41, 5.74) is 0. The van der Waals surface area contributed by atoms with Crippen molar-refractivity contribution in [3.8, 4) is 0 Å². The van der Waals surface area contributed by atoms with Crippen molar-refractivity contribution < 1.29 is 4.57 Å². The van der Waals surface area contributed by atoms with E-state index in [9.17, 15) is 0 Å². The van der Waals surface area contributed by atoms with Crippen LogP contribution in [0.1, 0.15) is 219 Å². The third-order valence-corrected chi connectivity index (χ3v) is 8.89. The number of imidazole rings is 1. The second kappa shape index (κ2) is 26.4. The van der Waals surface area contributed by atoms with Gasteiger partial charge in [0, 0.05) is 0 Å². The van der Waals surface area contributed by atoms with Gasteiger partial charge >= 0.3 is 0 Å². The number of hydrogen-bond acceptors (Lipinski definition) is 0. The smallest absolute Gasteiger partial charge is 0.247 e. The van der Waals surface area contributed by atoms with Gasteiger partial charge in [0.25, 0.3) is 5.82 Å². The lowest BCUT2D eigenvalue weighted by Gasteiger charge is -2.17. The molecule has 2 atom stereocenters. The predicted octanol–water partition coefficient (Wildman–Crippen LogP) is 12.5. The van der Waals surface area contributed by atoms with Gasteiger partial charge < -0.3 is 0 Å². The topological polar surface area (TPSA) is 19.7 Å². The van der Waals surface area contributed by atoms with Gasteiger partial charge in [-0.2, -0.15) is 0 Å². The standard InChI is InChI=1S/C36H70N2/c1-5-8-11-14-17-19-21-23-26-29-34(4)38-33-32-37-36(38)35(30-27-24-20-16-13-10-7-3)31-28-25-22-18-15-12-9-6-2/h32-35H,5-31H2,1-4H3/p+1. The Kier molecular flexibility index (Phi) is 24.5. The van der Waals surface area contributed by atoms with Crippen LogP contribution >= 0.6 is 0 Å². The van der Waals surface area contributed by atoms with Crippen LogP contribution in [0.5, 0.6) is 0 Å².